The van der Waals surface area contributed by atoms with Crippen molar-refractivity contribution in [3.8, 4) is 0 Å². The normalized spacial score (nSPS) is 14.2. The summed E-state index contributed by atoms with van der Waals surface area (Å²) >= 11 is 5.13. The van der Waals surface area contributed by atoms with Crippen molar-refractivity contribution in [1.82, 2.24) is 9.62 Å². The lowest BCUT2D eigenvalue weighted by atomic mass is 10.2. The number of nitrogens with one attached hydrogen (secondary N) is 2. The molecule has 1 amide bonds. The second-order valence-electron chi connectivity index (χ2n) is 7.50. The smallest absolute Gasteiger partial charge is 0.306 e. The Labute approximate surface area is 204 Å². The molecule has 2 aromatic carbocycles. The topological polar surface area (TPSA) is 114 Å². The summed E-state index contributed by atoms with van der Waals surface area (Å²) in [6, 6.07) is 15.7. The van der Waals surface area contributed by atoms with E-state index in [2.05, 4.69) is 10.6 Å². The molecule has 1 heterocycles. The minimum atomic E-state index is -3.59. The van der Waals surface area contributed by atoms with Crippen LogP contribution in [-0.4, -0.2) is 62.6 Å². The molecule has 1 aliphatic heterocycles. The first-order valence-electron chi connectivity index (χ1n) is 10.8. The van der Waals surface area contributed by atoms with Crippen LogP contribution in [0, 0.1) is 0 Å². The maximum atomic E-state index is 12.7. The van der Waals surface area contributed by atoms with Crippen LogP contribution in [0.25, 0.3) is 0 Å². The Morgan fingerprint density at radius 3 is 2.35 bits per heavy atom. The van der Waals surface area contributed by atoms with Crippen LogP contribution < -0.4 is 10.6 Å². The second kappa shape index (κ2) is 12.6. The Balaban J connectivity index is 1.38. The van der Waals surface area contributed by atoms with Crippen molar-refractivity contribution in [2.24, 2.45) is 0 Å². The minimum Gasteiger partial charge on any atom is -0.465 e. The zero-order valence-electron chi connectivity index (χ0n) is 18.6. The van der Waals surface area contributed by atoms with Crippen molar-refractivity contribution in [3.05, 3.63) is 60.2 Å². The highest BCUT2D eigenvalue weighted by Crippen LogP contribution is 2.19. The average Bonchev–Trinajstić information content (AvgIpc) is 2.84. The number of hydrogen-bond acceptors (Lipinski definition) is 7. The Morgan fingerprint density at radius 2 is 1.68 bits per heavy atom. The van der Waals surface area contributed by atoms with Gasteiger partial charge in [-0.1, -0.05) is 30.3 Å². The number of carbonyl (C=O) groups excluding carboxylic acids is 2. The molecule has 0 radical (unpaired) electrons. The molecule has 1 saturated heterocycles. The third-order valence-electron chi connectivity index (χ3n) is 5.03. The molecule has 1 fully saturated rings. The maximum Gasteiger partial charge on any atom is 0.306 e. The van der Waals surface area contributed by atoms with E-state index >= 15 is 0 Å². The fourth-order valence-electron chi connectivity index (χ4n) is 3.21. The molecule has 3 rings (SSSR count). The van der Waals surface area contributed by atoms with Crippen LogP contribution in [0.5, 0.6) is 0 Å². The number of amides is 1. The van der Waals surface area contributed by atoms with Gasteiger partial charge in [0.2, 0.25) is 15.9 Å². The van der Waals surface area contributed by atoms with Crippen molar-refractivity contribution >= 4 is 44.9 Å². The highest BCUT2D eigenvalue weighted by atomic mass is 32.2. The summed E-state index contributed by atoms with van der Waals surface area (Å²) in [5.74, 6) is -0.883. The van der Waals surface area contributed by atoms with E-state index in [-0.39, 0.29) is 29.5 Å². The van der Waals surface area contributed by atoms with Gasteiger partial charge < -0.3 is 20.1 Å². The molecular formula is C23H27N3O6S2. The first kappa shape index (κ1) is 25.8. The van der Waals surface area contributed by atoms with Crippen LogP contribution in [0.15, 0.2) is 59.5 Å². The average molecular weight is 506 g/mol. The summed E-state index contributed by atoms with van der Waals surface area (Å²) in [6.45, 7) is 1.64. The Morgan fingerprint density at radius 1 is 1.00 bits per heavy atom. The molecule has 1 aliphatic rings. The number of rotatable bonds is 9. The number of hydrogen-bond donors (Lipinski definition) is 2. The van der Waals surface area contributed by atoms with Crippen molar-refractivity contribution in [1.29, 1.82) is 0 Å². The quantitative estimate of drug-likeness (QED) is 0.393. The highest BCUT2D eigenvalue weighted by Gasteiger charge is 2.26. The number of ether oxygens (including phenoxy) is 2. The van der Waals surface area contributed by atoms with Crippen molar-refractivity contribution in [2.45, 2.75) is 24.2 Å². The highest BCUT2D eigenvalue weighted by molar-refractivity contribution is 7.89. The summed E-state index contributed by atoms with van der Waals surface area (Å²) in [5, 5.41) is 5.37. The van der Waals surface area contributed by atoms with Crippen LogP contribution in [-0.2, 0) is 35.5 Å². The monoisotopic (exact) mass is 505 g/mol. The van der Waals surface area contributed by atoms with Crippen LogP contribution in [0.4, 0.5) is 5.69 Å². The Kier molecular flexibility index (Phi) is 9.52. The van der Waals surface area contributed by atoms with Gasteiger partial charge in [-0.15, -0.1) is 0 Å². The lowest BCUT2D eigenvalue weighted by molar-refractivity contribution is -0.144. The fourth-order valence-corrected chi connectivity index (χ4v) is 4.85. The third-order valence-corrected chi connectivity index (χ3v) is 7.14. The Bertz CT molecular complexity index is 1090. The van der Waals surface area contributed by atoms with E-state index in [1.54, 1.807) is 12.1 Å². The predicted octanol–water partition coefficient (Wildman–Crippen LogP) is 2.09. The van der Waals surface area contributed by atoms with Gasteiger partial charge in [-0.25, -0.2) is 8.42 Å². The number of anilines is 1. The summed E-state index contributed by atoms with van der Waals surface area (Å²) < 4.78 is 37.1. The molecule has 2 N–H and O–H groups in total. The Hall–Kier alpha value is -2.86. The van der Waals surface area contributed by atoms with Gasteiger partial charge in [0.15, 0.2) is 5.11 Å². The zero-order valence-corrected chi connectivity index (χ0v) is 20.2. The molecule has 0 saturated carbocycles. The summed E-state index contributed by atoms with van der Waals surface area (Å²) in [6.07, 6.45) is 0.485. The number of sulfonamides is 1. The van der Waals surface area contributed by atoms with Crippen LogP contribution in [0.1, 0.15) is 18.4 Å². The number of benzene rings is 2. The van der Waals surface area contributed by atoms with E-state index in [9.17, 15) is 18.0 Å². The maximum absolute atomic E-state index is 12.7. The lowest BCUT2D eigenvalue weighted by Gasteiger charge is -2.26. The summed E-state index contributed by atoms with van der Waals surface area (Å²) in [5.41, 5.74) is 1.59. The summed E-state index contributed by atoms with van der Waals surface area (Å²) in [7, 11) is -3.59. The van der Waals surface area contributed by atoms with Gasteiger partial charge in [-0.3, -0.25) is 9.59 Å². The molecule has 182 valence electrons. The van der Waals surface area contributed by atoms with Crippen molar-refractivity contribution in [2.75, 3.05) is 38.2 Å². The van der Waals surface area contributed by atoms with E-state index in [0.717, 1.165) is 5.56 Å². The molecule has 2 aromatic rings. The van der Waals surface area contributed by atoms with Crippen LogP contribution in [0.2, 0.25) is 0 Å². The molecule has 0 aromatic heterocycles. The van der Waals surface area contributed by atoms with Crippen LogP contribution in [0.3, 0.4) is 0 Å². The lowest BCUT2D eigenvalue weighted by Crippen LogP contribution is -2.40. The first-order valence-corrected chi connectivity index (χ1v) is 12.7. The van der Waals surface area contributed by atoms with Crippen LogP contribution >= 0.6 is 12.2 Å². The molecule has 34 heavy (non-hydrogen) atoms. The van der Waals surface area contributed by atoms with Gasteiger partial charge in [-0.2, -0.15) is 4.31 Å². The molecule has 0 aliphatic carbocycles. The van der Waals surface area contributed by atoms with Gasteiger partial charge in [0.25, 0.3) is 0 Å². The first-order chi connectivity index (χ1) is 16.3. The molecule has 0 bridgehead atoms. The standard InChI is InChI=1S/C23H27N3O6S2/c27-21(10-11-22(28)32-15-12-18-4-2-1-3-5-18)25-23(33)24-19-6-8-20(9-7-19)34(29,30)26-13-16-31-17-14-26/h1-9H,10-17H2,(H2,24,25,27,33). The van der Waals surface area contributed by atoms with E-state index in [1.807, 2.05) is 30.3 Å². The molecule has 0 spiro atoms. The number of esters is 1. The molecule has 0 atom stereocenters. The van der Waals surface area contributed by atoms with Gasteiger partial charge >= 0.3 is 5.97 Å². The molecule has 9 nitrogen and oxygen atoms in total. The zero-order chi connectivity index (χ0) is 24.4. The molecule has 0 unspecified atom stereocenters. The summed E-state index contributed by atoms with van der Waals surface area (Å²) in [4.78, 5) is 24.1. The van der Waals surface area contributed by atoms with Gasteiger partial charge in [0.1, 0.15) is 0 Å². The number of carbonyl (C=O) groups is 2. The van der Waals surface area contributed by atoms with E-state index < -0.39 is 21.9 Å². The third kappa shape index (κ3) is 7.87. The van der Waals surface area contributed by atoms with E-state index in [4.69, 9.17) is 21.7 Å². The van der Waals surface area contributed by atoms with Gasteiger partial charge in [0.05, 0.1) is 31.1 Å². The van der Waals surface area contributed by atoms with Gasteiger partial charge in [0, 0.05) is 31.6 Å². The number of nitrogens with zero attached hydrogens (tertiary/aromatic N) is 1. The predicted molar refractivity (Wildman–Crippen MR) is 131 cm³/mol. The van der Waals surface area contributed by atoms with E-state index in [0.29, 0.717) is 38.4 Å². The van der Waals surface area contributed by atoms with Crippen molar-refractivity contribution in [3.63, 3.8) is 0 Å². The SMILES string of the molecule is O=C(CCC(=O)OCCc1ccccc1)NC(=S)Nc1ccc(S(=O)(=O)N2CCOCC2)cc1. The number of morpholine rings is 1. The molecule has 11 heteroatoms. The largest absolute Gasteiger partial charge is 0.465 e. The van der Waals surface area contributed by atoms with E-state index in [1.165, 1.54) is 16.4 Å². The fraction of sp³-hybridized carbons (Fsp3) is 0.348. The molecular weight excluding hydrogens is 478 g/mol. The van der Waals surface area contributed by atoms with Crippen molar-refractivity contribution < 1.29 is 27.5 Å². The minimum absolute atomic E-state index is 0.0474. The van der Waals surface area contributed by atoms with Gasteiger partial charge in [-0.05, 0) is 42.0 Å². The number of thiocarbonyl (C=S) groups is 1. The second-order valence-corrected chi connectivity index (χ2v) is 9.85.